The van der Waals surface area contributed by atoms with Crippen LogP contribution in [-0.2, 0) is 6.54 Å². The monoisotopic (exact) mass is 321 g/mol. The lowest BCUT2D eigenvalue weighted by atomic mass is 10.3. The molecule has 0 saturated heterocycles. The van der Waals surface area contributed by atoms with Gasteiger partial charge in [0, 0.05) is 19.3 Å². The molecule has 0 unspecified atom stereocenters. The Hall–Kier alpha value is -3.42. The van der Waals surface area contributed by atoms with Crippen LogP contribution < -0.4 is 10.6 Å². The molecule has 0 aliphatic carbocycles. The SMILES string of the molecule is CNc1nc(NCc2ccccn2)cc2nc(-c3ccco3)nn12. The quantitative estimate of drug-likeness (QED) is 0.583. The first-order valence-electron chi connectivity index (χ1n) is 7.47. The maximum atomic E-state index is 5.36. The molecule has 8 heteroatoms. The van der Waals surface area contributed by atoms with Gasteiger partial charge >= 0.3 is 0 Å². The van der Waals surface area contributed by atoms with E-state index in [4.69, 9.17) is 4.42 Å². The molecule has 0 atom stereocenters. The number of pyridine rings is 1. The van der Waals surface area contributed by atoms with Crippen LogP contribution in [0.1, 0.15) is 5.69 Å². The zero-order valence-corrected chi connectivity index (χ0v) is 13.0. The molecule has 0 aromatic carbocycles. The third kappa shape index (κ3) is 2.65. The normalized spacial score (nSPS) is 10.9. The van der Waals surface area contributed by atoms with Crippen LogP contribution in [0.2, 0.25) is 0 Å². The Kier molecular flexibility index (Phi) is 3.54. The first-order chi connectivity index (χ1) is 11.8. The fraction of sp³-hybridized carbons (Fsp3) is 0.125. The van der Waals surface area contributed by atoms with Gasteiger partial charge < -0.3 is 15.1 Å². The standard InChI is InChI=1S/C16H15N7O/c1-17-16-20-13(19-10-11-5-2-3-7-18-11)9-14-21-15(22-23(14)16)12-6-4-8-24-12/h2-9,19H,10H2,1H3,(H,17,20). The van der Waals surface area contributed by atoms with Gasteiger partial charge in [-0.1, -0.05) is 6.07 Å². The van der Waals surface area contributed by atoms with Crippen LogP contribution in [-0.4, -0.2) is 31.6 Å². The van der Waals surface area contributed by atoms with Crippen LogP contribution in [0.15, 0.2) is 53.3 Å². The molecule has 120 valence electrons. The van der Waals surface area contributed by atoms with E-state index < -0.39 is 0 Å². The second-order valence-electron chi connectivity index (χ2n) is 5.07. The van der Waals surface area contributed by atoms with E-state index in [-0.39, 0.29) is 0 Å². The van der Waals surface area contributed by atoms with Gasteiger partial charge in [0.2, 0.25) is 11.8 Å². The summed E-state index contributed by atoms with van der Waals surface area (Å²) >= 11 is 0. The van der Waals surface area contributed by atoms with E-state index in [9.17, 15) is 0 Å². The molecule has 0 saturated carbocycles. The highest BCUT2D eigenvalue weighted by Crippen LogP contribution is 2.20. The number of rotatable bonds is 5. The van der Waals surface area contributed by atoms with Gasteiger partial charge in [-0.05, 0) is 24.3 Å². The minimum atomic E-state index is 0.514. The zero-order chi connectivity index (χ0) is 16.4. The molecule has 0 fully saturated rings. The van der Waals surface area contributed by atoms with E-state index in [1.54, 1.807) is 30.1 Å². The van der Waals surface area contributed by atoms with Gasteiger partial charge in [-0.3, -0.25) is 4.98 Å². The maximum Gasteiger partial charge on any atom is 0.227 e. The van der Waals surface area contributed by atoms with E-state index in [1.807, 2.05) is 30.3 Å². The van der Waals surface area contributed by atoms with Crippen molar-refractivity contribution in [2.24, 2.45) is 0 Å². The molecule has 0 spiro atoms. The van der Waals surface area contributed by atoms with Crippen molar-refractivity contribution in [2.45, 2.75) is 6.54 Å². The molecular formula is C16H15N7O. The average molecular weight is 321 g/mol. The molecule has 4 rings (SSSR count). The minimum Gasteiger partial charge on any atom is -0.461 e. The summed E-state index contributed by atoms with van der Waals surface area (Å²) < 4.78 is 7.00. The van der Waals surface area contributed by atoms with Crippen LogP contribution in [0.5, 0.6) is 0 Å². The third-order valence-electron chi connectivity index (χ3n) is 3.47. The molecule has 0 amide bonds. The average Bonchev–Trinajstić information content (AvgIpc) is 3.29. The number of hydrogen-bond donors (Lipinski definition) is 2. The third-order valence-corrected chi connectivity index (χ3v) is 3.47. The van der Waals surface area contributed by atoms with Crippen molar-refractivity contribution in [2.75, 3.05) is 17.7 Å². The van der Waals surface area contributed by atoms with Gasteiger partial charge in [0.25, 0.3) is 0 Å². The molecule has 0 bridgehead atoms. The molecule has 4 heterocycles. The summed E-state index contributed by atoms with van der Waals surface area (Å²) in [6.45, 7) is 0.576. The van der Waals surface area contributed by atoms with Crippen LogP contribution >= 0.6 is 0 Å². The summed E-state index contributed by atoms with van der Waals surface area (Å²) in [5.41, 5.74) is 1.60. The van der Waals surface area contributed by atoms with Gasteiger partial charge in [0.1, 0.15) is 5.82 Å². The highest BCUT2D eigenvalue weighted by atomic mass is 16.3. The molecule has 2 N–H and O–H groups in total. The molecule has 0 aliphatic heterocycles. The smallest absolute Gasteiger partial charge is 0.227 e. The highest BCUT2D eigenvalue weighted by Gasteiger charge is 2.13. The number of nitrogens with zero attached hydrogens (tertiary/aromatic N) is 5. The van der Waals surface area contributed by atoms with Crippen molar-refractivity contribution >= 4 is 17.4 Å². The molecule has 0 aliphatic rings. The van der Waals surface area contributed by atoms with Crippen molar-refractivity contribution in [3.8, 4) is 11.6 Å². The maximum absolute atomic E-state index is 5.36. The summed E-state index contributed by atoms with van der Waals surface area (Å²) in [6, 6.07) is 11.3. The van der Waals surface area contributed by atoms with Gasteiger partial charge in [0.05, 0.1) is 18.5 Å². The van der Waals surface area contributed by atoms with Crippen molar-refractivity contribution in [3.05, 3.63) is 54.6 Å². The predicted octanol–water partition coefficient (Wildman–Crippen LogP) is 2.43. The Bertz CT molecular complexity index is 947. The van der Waals surface area contributed by atoms with Crippen LogP contribution in [0, 0.1) is 0 Å². The molecule has 24 heavy (non-hydrogen) atoms. The summed E-state index contributed by atoms with van der Waals surface area (Å²) in [5, 5.41) is 10.7. The van der Waals surface area contributed by atoms with E-state index in [0.717, 1.165) is 5.69 Å². The molecule has 4 aromatic rings. The highest BCUT2D eigenvalue weighted by molar-refractivity contribution is 5.59. The van der Waals surface area contributed by atoms with E-state index >= 15 is 0 Å². The Morgan fingerprint density at radius 1 is 1.17 bits per heavy atom. The van der Waals surface area contributed by atoms with E-state index in [2.05, 4.69) is 30.7 Å². The number of hydrogen-bond acceptors (Lipinski definition) is 7. The summed E-state index contributed by atoms with van der Waals surface area (Å²) in [5.74, 6) is 2.40. The second kappa shape index (κ2) is 5.99. The van der Waals surface area contributed by atoms with Gasteiger partial charge in [-0.25, -0.2) is 4.98 Å². The first-order valence-corrected chi connectivity index (χ1v) is 7.47. The largest absolute Gasteiger partial charge is 0.461 e. The van der Waals surface area contributed by atoms with E-state index in [1.165, 1.54) is 0 Å². The fourth-order valence-corrected chi connectivity index (χ4v) is 2.34. The summed E-state index contributed by atoms with van der Waals surface area (Å²) in [7, 11) is 1.79. The van der Waals surface area contributed by atoms with Crippen molar-refractivity contribution in [3.63, 3.8) is 0 Å². The number of furan rings is 1. The van der Waals surface area contributed by atoms with Crippen molar-refractivity contribution < 1.29 is 4.42 Å². The Balaban J connectivity index is 1.67. The summed E-state index contributed by atoms with van der Waals surface area (Å²) in [4.78, 5) is 13.3. The fourth-order valence-electron chi connectivity index (χ4n) is 2.34. The lowest BCUT2D eigenvalue weighted by Gasteiger charge is -2.08. The number of fused-ring (bicyclic) bond motifs is 1. The minimum absolute atomic E-state index is 0.514. The second-order valence-corrected chi connectivity index (χ2v) is 5.07. The Morgan fingerprint density at radius 3 is 2.88 bits per heavy atom. The van der Waals surface area contributed by atoms with E-state index in [0.29, 0.717) is 35.5 Å². The van der Waals surface area contributed by atoms with Gasteiger partial charge in [-0.2, -0.15) is 9.50 Å². The predicted molar refractivity (Wildman–Crippen MR) is 89.6 cm³/mol. The van der Waals surface area contributed by atoms with Crippen molar-refractivity contribution in [1.29, 1.82) is 0 Å². The molecule has 8 nitrogen and oxygen atoms in total. The van der Waals surface area contributed by atoms with Crippen molar-refractivity contribution in [1.82, 2.24) is 24.6 Å². The summed E-state index contributed by atoms with van der Waals surface area (Å²) in [6.07, 6.45) is 3.36. The van der Waals surface area contributed by atoms with Crippen LogP contribution in [0.4, 0.5) is 11.8 Å². The molecule has 4 aromatic heterocycles. The lowest BCUT2D eigenvalue weighted by Crippen LogP contribution is -2.08. The lowest BCUT2D eigenvalue weighted by molar-refractivity contribution is 0.577. The van der Waals surface area contributed by atoms with Gasteiger partial charge in [0.15, 0.2) is 11.4 Å². The zero-order valence-electron chi connectivity index (χ0n) is 13.0. The van der Waals surface area contributed by atoms with Crippen LogP contribution in [0.3, 0.4) is 0 Å². The number of aromatic nitrogens is 5. The Morgan fingerprint density at radius 2 is 2.12 bits per heavy atom. The molecule has 0 radical (unpaired) electrons. The molecular weight excluding hydrogens is 306 g/mol. The topological polar surface area (TPSA) is 93.2 Å². The number of nitrogens with one attached hydrogen (secondary N) is 2. The first kappa shape index (κ1) is 14.2. The van der Waals surface area contributed by atoms with Crippen LogP contribution in [0.25, 0.3) is 17.2 Å². The van der Waals surface area contributed by atoms with Gasteiger partial charge in [-0.15, -0.1) is 5.10 Å². The Labute approximate surface area is 137 Å². The number of anilines is 2.